The molecule has 4 N–H and O–H groups in total. The normalized spacial score (nSPS) is 24.7. The molecule has 310 valence electrons. The van der Waals surface area contributed by atoms with Gasteiger partial charge in [0.05, 0.1) is 22.1 Å². The molecule has 1 aliphatic heterocycles. The van der Waals surface area contributed by atoms with E-state index < -0.39 is 67.3 Å². The fourth-order valence-electron chi connectivity index (χ4n) is 8.59. The number of sulfone groups is 1. The molecule has 13 heteroatoms. The molecule has 1 saturated heterocycles. The second-order valence-electron chi connectivity index (χ2n) is 18.9. The van der Waals surface area contributed by atoms with E-state index in [1.165, 1.54) is 0 Å². The van der Waals surface area contributed by atoms with Gasteiger partial charge in [-0.2, -0.15) is 0 Å². The van der Waals surface area contributed by atoms with Crippen LogP contribution >= 0.6 is 0 Å². The highest BCUT2D eigenvalue weighted by Gasteiger charge is 2.51. The van der Waals surface area contributed by atoms with Crippen LogP contribution in [0.1, 0.15) is 151 Å². The summed E-state index contributed by atoms with van der Waals surface area (Å²) in [6.45, 7) is 14.1. The van der Waals surface area contributed by atoms with Gasteiger partial charge >= 0.3 is 6.03 Å². The van der Waals surface area contributed by atoms with Gasteiger partial charge in [-0.15, -0.1) is 12.3 Å². The number of carbonyl (C=O) groups excluding carboxylic acids is 5. The zero-order valence-electron chi connectivity index (χ0n) is 34.6. The molecular weight excluding hydrogens is 719 g/mol. The molecule has 55 heavy (non-hydrogen) atoms. The zero-order chi connectivity index (χ0) is 40.8. The van der Waals surface area contributed by atoms with Crippen molar-refractivity contribution in [2.45, 2.75) is 180 Å². The summed E-state index contributed by atoms with van der Waals surface area (Å²) in [6, 6.07) is -3.70. The number of hydrogen-bond donors (Lipinski definition) is 4. The molecule has 3 aliphatic carbocycles. The van der Waals surface area contributed by atoms with Crippen molar-refractivity contribution in [1.82, 2.24) is 26.2 Å². The number of piperidine rings is 1. The smallest absolute Gasteiger partial charge is 0.315 e. The van der Waals surface area contributed by atoms with Crippen LogP contribution in [0.5, 0.6) is 0 Å². The van der Waals surface area contributed by atoms with Crippen LogP contribution in [-0.4, -0.2) is 90.1 Å². The van der Waals surface area contributed by atoms with E-state index in [2.05, 4.69) is 41.0 Å². The van der Waals surface area contributed by atoms with Crippen LogP contribution in [0.2, 0.25) is 0 Å². The standard InChI is InChI=1S/C42H69N5O7S/c1-9-11-18-31(33(48)36(50)43-26-30-19-20-30)44-35(49)32-25-39(4,5)29(3)27-47(32)37(51)34(41(8)21-14-12-15-22-41)45-38(52)46-42(23-16-13-17-24-42)28-55(53,54)40(6,7)10-2/h1,29-32,34H,10-28H2,2-8H3,(H,43,50)(H,44,49)(H2,45,46,52)/t29?,31?,32-,34+/m0/s1. The lowest BCUT2D eigenvalue weighted by atomic mass is 9.68. The van der Waals surface area contributed by atoms with Gasteiger partial charge in [0.25, 0.3) is 5.91 Å². The van der Waals surface area contributed by atoms with E-state index in [-0.39, 0.29) is 42.4 Å². The van der Waals surface area contributed by atoms with Gasteiger partial charge in [0, 0.05) is 19.5 Å². The second-order valence-corrected chi connectivity index (χ2v) is 21.5. The number of nitrogens with one attached hydrogen (secondary N) is 4. The summed E-state index contributed by atoms with van der Waals surface area (Å²) in [4.78, 5) is 71.4. The summed E-state index contributed by atoms with van der Waals surface area (Å²) >= 11 is 0. The average Bonchev–Trinajstić information content (AvgIpc) is 3.96. The summed E-state index contributed by atoms with van der Waals surface area (Å²) in [5.41, 5.74) is -1.94. The number of nitrogens with zero attached hydrogens (tertiary/aromatic N) is 1. The Morgan fingerprint density at radius 2 is 1.53 bits per heavy atom. The van der Waals surface area contributed by atoms with Crippen LogP contribution in [0.4, 0.5) is 4.79 Å². The molecule has 0 bridgehead atoms. The quantitative estimate of drug-likeness (QED) is 0.123. The van der Waals surface area contributed by atoms with Gasteiger partial charge in [-0.05, 0) is 94.3 Å². The first-order valence-electron chi connectivity index (χ1n) is 20.9. The van der Waals surface area contributed by atoms with Crippen LogP contribution in [0.3, 0.4) is 0 Å². The SMILES string of the molecule is C#CCCC(NC(=O)[C@@H]1CC(C)(C)C(C)CN1C(=O)[C@@H](NC(=O)NC1(CS(=O)(=O)C(C)(C)CC)CCCCC1)C1(C)CCCCC1)C(=O)C(=O)NCC1CC1. The Labute approximate surface area is 330 Å². The monoisotopic (exact) mass is 787 g/mol. The third-order valence-corrected chi connectivity index (χ3v) is 16.6. The molecule has 4 atom stereocenters. The van der Waals surface area contributed by atoms with Crippen molar-refractivity contribution in [3.63, 3.8) is 0 Å². The lowest BCUT2D eigenvalue weighted by molar-refractivity contribution is -0.152. The van der Waals surface area contributed by atoms with E-state index in [0.717, 1.165) is 51.4 Å². The average molecular weight is 788 g/mol. The van der Waals surface area contributed by atoms with Crippen LogP contribution in [0, 0.1) is 35.0 Å². The maximum Gasteiger partial charge on any atom is 0.315 e. The predicted octanol–water partition coefficient (Wildman–Crippen LogP) is 5.19. The molecule has 0 spiro atoms. The molecule has 0 radical (unpaired) electrons. The number of amides is 5. The van der Waals surface area contributed by atoms with E-state index in [1.54, 1.807) is 18.7 Å². The predicted molar refractivity (Wildman–Crippen MR) is 214 cm³/mol. The lowest BCUT2D eigenvalue weighted by Gasteiger charge is -2.50. The van der Waals surface area contributed by atoms with Crippen molar-refractivity contribution in [1.29, 1.82) is 0 Å². The Morgan fingerprint density at radius 3 is 2.09 bits per heavy atom. The van der Waals surface area contributed by atoms with Gasteiger partial charge in [0.1, 0.15) is 12.1 Å². The first-order chi connectivity index (χ1) is 25.7. The van der Waals surface area contributed by atoms with E-state index in [9.17, 15) is 27.6 Å². The molecule has 4 aliphatic rings. The van der Waals surface area contributed by atoms with Crippen LogP contribution in [-0.2, 0) is 29.0 Å². The van der Waals surface area contributed by atoms with Gasteiger partial charge in [-0.25, -0.2) is 13.2 Å². The zero-order valence-corrected chi connectivity index (χ0v) is 35.4. The Hall–Kier alpha value is -3.14. The van der Waals surface area contributed by atoms with E-state index >= 15 is 4.79 Å². The maximum atomic E-state index is 15.1. The largest absolute Gasteiger partial charge is 0.349 e. The third-order valence-electron chi connectivity index (χ3n) is 13.7. The number of terminal acetylenes is 1. The highest BCUT2D eigenvalue weighted by molar-refractivity contribution is 7.92. The van der Waals surface area contributed by atoms with Crippen molar-refractivity contribution >= 4 is 39.4 Å². The Bertz CT molecular complexity index is 1570. The molecule has 0 aromatic heterocycles. The van der Waals surface area contributed by atoms with E-state index in [1.807, 2.05) is 20.8 Å². The van der Waals surface area contributed by atoms with E-state index in [4.69, 9.17) is 6.42 Å². The summed E-state index contributed by atoms with van der Waals surface area (Å²) < 4.78 is 26.5. The van der Waals surface area contributed by atoms with Crippen LogP contribution in [0.25, 0.3) is 0 Å². The third kappa shape index (κ3) is 11.0. The van der Waals surface area contributed by atoms with Crippen LogP contribution in [0.15, 0.2) is 0 Å². The first-order valence-corrected chi connectivity index (χ1v) is 22.5. The maximum absolute atomic E-state index is 15.1. The van der Waals surface area contributed by atoms with Crippen molar-refractivity contribution in [3.8, 4) is 12.3 Å². The number of ketones is 1. The van der Waals surface area contributed by atoms with Crippen LogP contribution < -0.4 is 21.3 Å². The topological polar surface area (TPSA) is 171 Å². The van der Waals surface area contributed by atoms with Gasteiger partial charge in [0.2, 0.25) is 17.6 Å². The fourth-order valence-corrected chi connectivity index (χ4v) is 10.5. The molecule has 4 fully saturated rings. The number of carbonyl (C=O) groups is 5. The first kappa shape index (κ1) is 44.6. The minimum absolute atomic E-state index is 0.00107. The number of Topliss-reactive ketones (excluding diaryl/α,β-unsaturated/α-hetero) is 1. The van der Waals surface area contributed by atoms with Gasteiger partial charge in [-0.1, -0.05) is 73.1 Å². The number of likely N-dealkylation sites (tertiary alicyclic amines) is 1. The second kappa shape index (κ2) is 18.0. The molecule has 5 amide bonds. The minimum Gasteiger partial charge on any atom is -0.349 e. The molecule has 3 saturated carbocycles. The molecule has 12 nitrogen and oxygen atoms in total. The lowest BCUT2D eigenvalue weighted by Crippen LogP contribution is -2.67. The molecule has 0 aromatic carbocycles. The summed E-state index contributed by atoms with van der Waals surface area (Å²) in [6.07, 6.45) is 16.3. The Balaban J connectivity index is 1.63. The van der Waals surface area contributed by atoms with Gasteiger partial charge < -0.3 is 26.2 Å². The number of hydrogen-bond acceptors (Lipinski definition) is 7. The van der Waals surface area contributed by atoms with Gasteiger partial charge in [-0.3, -0.25) is 19.2 Å². The number of urea groups is 1. The van der Waals surface area contributed by atoms with E-state index in [0.29, 0.717) is 51.0 Å². The molecular formula is C42H69N5O7S. The molecule has 1 heterocycles. The summed E-state index contributed by atoms with van der Waals surface area (Å²) in [5.74, 6) is 0.237. The summed E-state index contributed by atoms with van der Waals surface area (Å²) in [7, 11) is -3.60. The van der Waals surface area contributed by atoms with Crippen molar-refractivity contribution in [3.05, 3.63) is 0 Å². The molecule has 2 unspecified atom stereocenters. The Kier molecular flexibility index (Phi) is 14.6. The highest BCUT2D eigenvalue weighted by Crippen LogP contribution is 2.43. The van der Waals surface area contributed by atoms with Gasteiger partial charge in [0.15, 0.2) is 9.84 Å². The van der Waals surface area contributed by atoms with Crippen molar-refractivity contribution in [2.75, 3.05) is 18.8 Å². The minimum atomic E-state index is -3.60. The molecule has 4 rings (SSSR count). The molecule has 0 aromatic rings. The van der Waals surface area contributed by atoms with Crippen molar-refractivity contribution in [2.24, 2.45) is 22.7 Å². The Morgan fingerprint density at radius 1 is 0.927 bits per heavy atom. The van der Waals surface area contributed by atoms with Crippen molar-refractivity contribution < 1.29 is 32.4 Å². The highest BCUT2D eigenvalue weighted by atomic mass is 32.2. The summed E-state index contributed by atoms with van der Waals surface area (Å²) in [5, 5.41) is 11.7. The number of rotatable bonds is 16. The fraction of sp³-hybridized carbons (Fsp3) is 0.833.